The number of carbonyl (C=O) groups excluding carboxylic acids is 1. The smallest absolute Gasteiger partial charge is 0.266 e. The van der Waals surface area contributed by atoms with E-state index in [0.717, 1.165) is 32.1 Å². The monoisotopic (exact) mass is 479 g/mol. The fourth-order valence-electron chi connectivity index (χ4n) is 3.62. The van der Waals surface area contributed by atoms with E-state index in [0.29, 0.717) is 13.0 Å². The number of amides is 1. The minimum atomic E-state index is -4.17. The number of aliphatic hydroxyl groups is 1. The topological polar surface area (TPSA) is 104 Å². The fourth-order valence-corrected chi connectivity index (χ4v) is 4.07. The molecule has 1 amide bonds. The number of hydrogen-bond donors (Lipinski definition) is 2. The summed E-state index contributed by atoms with van der Waals surface area (Å²) >= 11 is 0. The average Bonchev–Trinajstić information content (AvgIpc) is 2.74. The molecule has 0 aromatic rings. The van der Waals surface area contributed by atoms with Crippen LogP contribution in [-0.2, 0) is 19.6 Å². The summed E-state index contributed by atoms with van der Waals surface area (Å²) in [6, 6.07) is 0. The first-order chi connectivity index (χ1) is 15.3. The Bertz CT molecular complexity index is 541. The highest BCUT2D eigenvalue weighted by Gasteiger charge is 2.19. The highest BCUT2D eigenvalue weighted by molar-refractivity contribution is 7.85. The van der Waals surface area contributed by atoms with Crippen LogP contribution < -0.4 is 0 Å². The van der Waals surface area contributed by atoms with E-state index in [2.05, 4.69) is 13.8 Å². The minimum absolute atomic E-state index is 0.0157. The number of ether oxygens (including phenoxy) is 1. The lowest BCUT2D eigenvalue weighted by Crippen LogP contribution is -2.41. The molecule has 7 nitrogen and oxygen atoms in total. The van der Waals surface area contributed by atoms with Gasteiger partial charge in [0.1, 0.15) is 0 Å². The van der Waals surface area contributed by atoms with Crippen molar-refractivity contribution >= 4 is 16.0 Å². The summed E-state index contributed by atoms with van der Waals surface area (Å²) in [5.41, 5.74) is 0. The largest absolute Gasteiger partial charge is 0.389 e. The zero-order valence-corrected chi connectivity index (χ0v) is 21.4. The third kappa shape index (κ3) is 21.2. The van der Waals surface area contributed by atoms with Gasteiger partial charge in [-0.3, -0.25) is 9.35 Å². The van der Waals surface area contributed by atoms with Gasteiger partial charge in [-0.2, -0.15) is 8.42 Å². The van der Waals surface area contributed by atoms with E-state index >= 15 is 0 Å². The summed E-state index contributed by atoms with van der Waals surface area (Å²) in [5.74, 6) is -0.713. The molecular weight excluding hydrogens is 430 g/mol. The Hall–Kier alpha value is -0.700. The first-order valence-corrected chi connectivity index (χ1v) is 14.4. The summed E-state index contributed by atoms with van der Waals surface area (Å²) in [6.45, 7) is 4.96. The molecule has 0 aromatic carbocycles. The lowest BCUT2D eigenvalue weighted by molar-refractivity contribution is -0.133. The molecule has 0 heterocycles. The normalized spacial score (nSPS) is 12.8. The Kier molecular flexibility index (Phi) is 20.4. The molecule has 8 heteroatoms. The first-order valence-electron chi connectivity index (χ1n) is 12.8. The van der Waals surface area contributed by atoms with E-state index < -0.39 is 22.0 Å². The van der Waals surface area contributed by atoms with E-state index in [4.69, 9.17) is 9.29 Å². The van der Waals surface area contributed by atoms with Crippen LogP contribution in [0, 0.1) is 0 Å². The number of nitrogens with zero attached hydrogens (tertiary/aromatic N) is 1. The van der Waals surface area contributed by atoms with Crippen molar-refractivity contribution in [2.45, 2.75) is 116 Å². The number of hydrogen-bond acceptors (Lipinski definition) is 5. The lowest BCUT2D eigenvalue weighted by atomic mass is 10.1. The molecule has 0 aliphatic carbocycles. The molecule has 0 aromatic heterocycles. The average molecular weight is 480 g/mol. The maximum atomic E-state index is 12.6. The number of aliphatic hydroxyl groups excluding tert-OH is 1. The molecule has 0 saturated carbocycles. The van der Waals surface area contributed by atoms with Gasteiger partial charge in [0.25, 0.3) is 10.1 Å². The van der Waals surface area contributed by atoms with Crippen molar-refractivity contribution in [1.29, 1.82) is 0 Å². The molecule has 0 spiro atoms. The van der Waals surface area contributed by atoms with Crippen LogP contribution in [0.2, 0.25) is 0 Å². The van der Waals surface area contributed by atoms with Crippen molar-refractivity contribution in [3.8, 4) is 0 Å². The number of rotatable bonds is 23. The Morgan fingerprint density at radius 1 is 0.844 bits per heavy atom. The third-order valence-corrected chi connectivity index (χ3v) is 6.30. The molecule has 32 heavy (non-hydrogen) atoms. The summed E-state index contributed by atoms with van der Waals surface area (Å²) in [5, 5.41) is 10.3. The Morgan fingerprint density at radius 2 is 1.34 bits per heavy atom. The lowest BCUT2D eigenvalue weighted by Gasteiger charge is -2.25. The highest BCUT2D eigenvalue weighted by atomic mass is 32.2. The van der Waals surface area contributed by atoms with Crippen LogP contribution in [0.3, 0.4) is 0 Å². The van der Waals surface area contributed by atoms with Crippen molar-refractivity contribution in [2.24, 2.45) is 0 Å². The van der Waals surface area contributed by atoms with Crippen LogP contribution in [0.1, 0.15) is 110 Å². The predicted molar refractivity (Wildman–Crippen MR) is 130 cm³/mol. The van der Waals surface area contributed by atoms with Gasteiger partial charge in [0.2, 0.25) is 5.91 Å². The molecule has 0 bridgehead atoms. The summed E-state index contributed by atoms with van der Waals surface area (Å²) in [7, 11) is -4.17. The molecule has 2 N–H and O–H groups in total. The quantitative estimate of drug-likeness (QED) is 0.158. The molecule has 0 fully saturated rings. The molecule has 0 aliphatic rings. The minimum Gasteiger partial charge on any atom is -0.389 e. The van der Waals surface area contributed by atoms with Crippen molar-refractivity contribution < 1.29 is 27.6 Å². The van der Waals surface area contributed by atoms with E-state index in [1.807, 2.05) is 0 Å². The van der Waals surface area contributed by atoms with Crippen LogP contribution in [0.25, 0.3) is 0 Å². The van der Waals surface area contributed by atoms with E-state index in [1.165, 1.54) is 62.7 Å². The molecule has 1 unspecified atom stereocenters. The molecule has 0 radical (unpaired) electrons. The van der Waals surface area contributed by atoms with Gasteiger partial charge in [0.05, 0.1) is 18.5 Å². The van der Waals surface area contributed by atoms with Crippen LogP contribution in [-0.4, -0.2) is 67.0 Å². The second-order valence-electron chi connectivity index (χ2n) is 8.85. The second kappa shape index (κ2) is 20.9. The zero-order chi connectivity index (χ0) is 24.1. The van der Waals surface area contributed by atoms with Gasteiger partial charge in [0, 0.05) is 26.1 Å². The van der Waals surface area contributed by atoms with Gasteiger partial charge in [0.15, 0.2) is 0 Å². The number of unbranched alkanes of at least 4 members (excludes halogenated alkanes) is 12. The third-order valence-electron chi connectivity index (χ3n) is 5.60. The van der Waals surface area contributed by atoms with Crippen LogP contribution >= 0.6 is 0 Å². The summed E-state index contributed by atoms with van der Waals surface area (Å²) in [6.07, 6.45) is 15.4. The van der Waals surface area contributed by atoms with Crippen molar-refractivity contribution in [3.05, 3.63) is 0 Å². The van der Waals surface area contributed by atoms with Gasteiger partial charge in [-0.05, 0) is 12.8 Å². The van der Waals surface area contributed by atoms with E-state index in [9.17, 15) is 18.3 Å². The van der Waals surface area contributed by atoms with Crippen LogP contribution in [0.4, 0.5) is 0 Å². The van der Waals surface area contributed by atoms with Crippen molar-refractivity contribution in [3.63, 3.8) is 0 Å². The fraction of sp³-hybridized carbons (Fsp3) is 0.958. The molecular formula is C24H49NO6S. The standard InChI is InChI=1S/C24H49NO6S/c1-3-5-7-9-11-13-15-17-24(27)25(18-20-32(28,29)30)21-23(26)22-31-19-16-14-12-10-8-6-4-2/h23,26H,3-22H2,1-2H3,(H,28,29,30). The Labute approximate surface area is 197 Å². The van der Waals surface area contributed by atoms with Gasteiger partial charge >= 0.3 is 0 Å². The molecule has 192 valence electrons. The van der Waals surface area contributed by atoms with Gasteiger partial charge in [-0.1, -0.05) is 90.9 Å². The SMILES string of the molecule is CCCCCCCCCOCC(O)CN(CCS(=O)(=O)O)C(=O)CCCCCCCCC. The maximum absolute atomic E-state index is 12.6. The van der Waals surface area contributed by atoms with Crippen LogP contribution in [0.15, 0.2) is 0 Å². The van der Waals surface area contributed by atoms with Crippen LogP contribution in [0.5, 0.6) is 0 Å². The van der Waals surface area contributed by atoms with Gasteiger partial charge in [-0.15, -0.1) is 0 Å². The Morgan fingerprint density at radius 3 is 1.88 bits per heavy atom. The van der Waals surface area contributed by atoms with Crippen molar-refractivity contribution in [1.82, 2.24) is 4.90 Å². The second-order valence-corrected chi connectivity index (χ2v) is 10.4. The number of carbonyl (C=O) groups is 1. The predicted octanol–water partition coefficient (Wildman–Crippen LogP) is 4.97. The molecule has 1 atom stereocenters. The van der Waals surface area contributed by atoms with E-state index in [-0.39, 0.29) is 25.6 Å². The molecule has 0 rings (SSSR count). The molecule has 0 saturated heterocycles. The Balaban J connectivity index is 4.18. The first kappa shape index (κ1) is 31.3. The van der Waals surface area contributed by atoms with E-state index in [1.54, 1.807) is 0 Å². The van der Waals surface area contributed by atoms with Crippen molar-refractivity contribution in [2.75, 3.05) is 32.1 Å². The maximum Gasteiger partial charge on any atom is 0.266 e. The summed E-state index contributed by atoms with van der Waals surface area (Å²) < 4.78 is 36.8. The zero-order valence-electron chi connectivity index (χ0n) is 20.6. The molecule has 0 aliphatic heterocycles. The highest BCUT2D eigenvalue weighted by Crippen LogP contribution is 2.11. The van der Waals surface area contributed by atoms with Gasteiger partial charge < -0.3 is 14.7 Å². The van der Waals surface area contributed by atoms with Gasteiger partial charge in [-0.25, -0.2) is 0 Å². The summed E-state index contributed by atoms with van der Waals surface area (Å²) in [4.78, 5) is 13.9.